The molecule has 1 rings (SSSR count). The maximum absolute atomic E-state index is 11.9. The van der Waals surface area contributed by atoms with Gasteiger partial charge in [0.25, 0.3) is 0 Å². The number of imide groups is 1. The van der Waals surface area contributed by atoms with E-state index >= 15 is 0 Å². The second-order valence-electron chi connectivity index (χ2n) is 5.66. The topological polar surface area (TPSA) is 61.2 Å². The molecule has 0 spiro atoms. The minimum absolute atomic E-state index is 0.119. The van der Waals surface area contributed by atoms with Crippen molar-refractivity contribution in [1.82, 2.24) is 4.90 Å². The average Bonchev–Trinajstić information content (AvgIpc) is 2.35. The average molecular weight is 222 g/mol. The summed E-state index contributed by atoms with van der Waals surface area (Å²) in [6, 6.07) is 2.17. The lowest BCUT2D eigenvalue weighted by molar-refractivity contribution is -0.141. The van der Waals surface area contributed by atoms with Crippen LogP contribution in [-0.2, 0) is 9.59 Å². The van der Waals surface area contributed by atoms with E-state index in [1.165, 1.54) is 4.90 Å². The summed E-state index contributed by atoms with van der Waals surface area (Å²) in [5.41, 5.74) is -1.07. The first-order valence-corrected chi connectivity index (χ1v) is 5.46. The molecular weight excluding hydrogens is 204 g/mol. The van der Waals surface area contributed by atoms with Gasteiger partial charge in [-0.2, -0.15) is 5.26 Å². The number of hydrogen-bond donors (Lipinski definition) is 0. The fraction of sp³-hybridized carbons (Fsp3) is 0.750. The van der Waals surface area contributed by atoms with Gasteiger partial charge in [0.05, 0.1) is 16.9 Å². The molecule has 4 heteroatoms. The van der Waals surface area contributed by atoms with Crippen LogP contribution in [0.3, 0.4) is 0 Å². The number of hydrogen-bond acceptors (Lipinski definition) is 3. The van der Waals surface area contributed by atoms with Crippen LogP contribution in [0.5, 0.6) is 0 Å². The van der Waals surface area contributed by atoms with Gasteiger partial charge in [0.15, 0.2) is 0 Å². The zero-order chi connectivity index (χ0) is 12.6. The Kier molecular flexibility index (Phi) is 3.09. The van der Waals surface area contributed by atoms with Crippen molar-refractivity contribution in [2.75, 3.05) is 6.54 Å². The maximum Gasteiger partial charge on any atom is 0.235 e. The predicted octanol–water partition coefficient (Wildman–Crippen LogP) is 1.71. The van der Waals surface area contributed by atoms with Gasteiger partial charge in [0.1, 0.15) is 0 Å². The Morgan fingerprint density at radius 1 is 1.44 bits per heavy atom. The molecule has 0 saturated carbocycles. The summed E-state index contributed by atoms with van der Waals surface area (Å²) in [5, 5.41) is 8.86. The Balaban J connectivity index is 2.67. The van der Waals surface area contributed by atoms with Crippen LogP contribution < -0.4 is 0 Å². The summed E-state index contributed by atoms with van der Waals surface area (Å²) in [6.45, 7) is 7.53. The van der Waals surface area contributed by atoms with Crippen molar-refractivity contribution in [3.63, 3.8) is 0 Å². The maximum atomic E-state index is 11.9. The summed E-state index contributed by atoms with van der Waals surface area (Å²) in [4.78, 5) is 24.8. The Bertz CT molecular complexity index is 364. The van der Waals surface area contributed by atoms with Crippen LogP contribution in [0.4, 0.5) is 0 Å². The molecule has 0 aromatic rings. The summed E-state index contributed by atoms with van der Waals surface area (Å²) in [5.74, 6) is -0.241. The number of carbonyl (C=O) groups excluding carboxylic acids is 2. The number of carbonyl (C=O) groups is 2. The first-order valence-electron chi connectivity index (χ1n) is 5.46. The molecule has 0 aromatic carbocycles. The quantitative estimate of drug-likeness (QED) is 0.683. The number of likely N-dealkylation sites (tertiary alicyclic amines) is 1. The zero-order valence-electron chi connectivity index (χ0n) is 10.3. The highest BCUT2D eigenvalue weighted by molar-refractivity contribution is 6.05. The van der Waals surface area contributed by atoms with Crippen molar-refractivity contribution < 1.29 is 9.59 Å². The molecule has 0 atom stereocenters. The van der Waals surface area contributed by atoms with Gasteiger partial charge in [0, 0.05) is 13.0 Å². The molecule has 0 aliphatic carbocycles. The predicted molar refractivity (Wildman–Crippen MR) is 59.1 cm³/mol. The van der Waals surface area contributed by atoms with E-state index in [1.807, 2.05) is 13.8 Å². The van der Waals surface area contributed by atoms with E-state index in [0.29, 0.717) is 13.0 Å². The second kappa shape index (κ2) is 3.89. The molecule has 4 nitrogen and oxygen atoms in total. The molecular formula is C12H18N2O2. The van der Waals surface area contributed by atoms with Crippen molar-refractivity contribution in [3.8, 4) is 6.07 Å². The number of nitrogens with zero attached hydrogens (tertiary/aromatic N) is 2. The molecule has 0 N–H and O–H groups in total. The standard InChI is InChI=1S/C12H18N2O2/c1-11(2,8-13)5-6-14-9(15)7-12(3,4)10(14)16/h5-7H2,1-4H3. The van der Waals surface area contributed by atoms with Gasteiger partial charge in [-0.25, -0.2) is 0 Å². The lowest BCUT2D eigenvalue weighted by Crippen LogP contribution is -2.35. The lowest BCUT2D eigenvalue weighted by atomic mass is 9.90. The van der Waals surface area contributed by atoms with E-state index in [2.05, 4.69) is 6.07 Å². The van der Waals surface area contributed by atoms with Gasteiger partial charge < -0.3 is 0 Å². The van der Waals surface area contributed by atoms with E-state index < -0.39 is 10.8 Å². The highest BCUT2D eigenvalue weighted by atomic mass is 16.2. The molecule has 1 fully saturated rings. The lowest BCUT2D eigenvalue weighted by Gasteiger charge is -2.21. The molecule has 1 aliphatic rings. The van der Waals surface area contributed by atoms with Crippen molar-refractivity contribution in [2.24, 2.45) is 10.8 Å². The van der Waals surface area contributed by atoms with Crippen LogP contribution in [0.1, 0.15) is 40.5 Å². The molecule has 0 aromatic heterocycles. The van der Waals surface area contributed by atoms with Gasteiger partial charge in [-0.15, -0.1) is 0 Å². The van der Waals surface area contributed by atoms with E-state index in [0.717, 1.165) is 0 Å². The minimum Gasteiger partial charge on any atom is -0.282 e. The molecule has 0 unspecified atom stereocenters. The third-order valence-corrected chi connectivity index (χ3v) is 2.98. The molecule has 1 saturated heterocycles. The molecule has 0 radical (unpaired) electrons. The van der Waals surface area contributed by atoms with E-state index in [-0.39, 0.29) is 18.2 Å². The van der Waals surface area contributed by atoms with Gasteiger partial charge in [-0.05, 0) is 20.3 Å². The summed E-state index contributed by atoms with van der Waals surface area (Å²) in [7, 11) is 0. The molecule has 88 valence electrons. The smallest absolute Gasteiger partial charge is 0.235 e. The summed E-state index contributed by atoms with van der Waals surface area (Å²) >= 11 is 0. The third-order valence-electron chi connectivity index (χ3n) is 2.98. The van der Waals surface area contributed by atoms with Crippen molar-refractivity contribution >= 4 is 11.8 Å². The third kappa shape index (κ3) is 2.41. The highest BCUT2D eigenvalue weighted by Crippen LogP contribution is 2.32. The summed E-state index contributed by atoms with van der Waals surface area (Å²) in [6.07, 6.45) is 0.801. The van der Waals surface area contributed by atoms with Gasteiger partial charge >= 0.3 is 0 Å². The van der Waals surface area contributed by atoms with E-state index in [4.69, 9.17) is 5.26 Å². The van der Waals surface area contributed by atoms with Crippen molar-refractivity contribution in [2.45, 2.75) is 40.5 Å². The monoisotopic (exact) mass is 222 g/mol. The van der Waals surface area contributed by atoms with Crippen LogP contribution >= 0.6 is 0 Å². The summed E-state index contributed by atoms with van der Waals surface area (Å²) < 4.78 is 0. The number of amides is 2. The molecule has 16 heavy (non-hydrogen) atoms. The largest absolute Gasteiger partial charge is 0.282 e. The molecule has 1 aliphatic heterocycles. The zero-order valence-corrected chi connectivity index (χ0v) is 10.3. The first kappa shape index (κ1) is 12.7. The molecule has 0 bridgehead atoms. The Hall–Kier alpha value is -1.37. The fourth-order valence-electron chi connectivity index (χ4n) is 1.70. The number of nitriles is 1. The SMILES string of the molecule is CC(C)(C#N)CCN1C(=O)CC(C)(C)C1=O. The van der Waals surface area contributed by atoms with E-state index in [9.17, 15) is 9.59 Å². The van der Waals surface area contributed by atoms with Gasteiger partial charge in [-0.3, -0.25) is 14.5 Å². The van der Waals surface area contributed by atoms with E-state index in [1.54, 1.807) is 13.8 Å². The normalized spacial score (nSPS) is 20.1. The molecule has 2 amide bonds. The van der Waals surface area contributed by atoms with Crippen molar-refractivity contribution in [1.29, 1.82) is 5.26 Å². The number of rotatable bonds is 3. The van der Waals surface area contributed by atoms with Crippen LogP contribution in [0.2, 0.25) is 0 Å². The van der Waals surface area contributed by atoms with Crippen LogP contribution in [0.15, 0.2) is 0 Å². The second-order valence-corrected chi connectivity index (χ2v) is 5.66. The highest BCUT2D eigenvalue weighted by Gasteiger charge is 2.44. The minimum atomic E-state index is -0.576. The van der Waals surface area contributed by atoms with Gasteiger partial charge in [0.2, 0.25) is 11.8 Å². The fourth-order valence-corrected chi connectivity index (χ4v) is 1.70. The van der Waals surface area contributed by atoms with Gasteiger partial charge in [-0.1, -0.05) is 13.8 Å². The Morgan fingerprint density at radius 3 is 2.38 bits per heavy atom. The molecule has 1 heterocycles. The van der Waals surface area contributed by atoms with Crippen LogP contribution in [-0.4, -0.2) is 23.3 Å². The Morgan fingerprint density at radius 2 is 2.00 bits per heavy atom. The van der Waals surface area contributed by atoms with Crippen LogP contribution in [0, 0.1) is 22.2 Å². The Labute approximate surface area is 96.2 Å². The van der Waals surface area contributed by atoms with Crippen molar-refractivity contribution in [3.05, 3.63) is 0 Å². The first-order chi connectivity index (χ1) is 7.19. The van der Waals surface area contributed by atoms with Crippen LogP contribution in [0.25, 0.3) is 0 Å².